The highest BCUT2D eigenvalue weighted by molar-refractivity contribution is 9.09. The number of allylic oxidation sites excluding steroid dienone is 1. The van der Waals surface area contributed by atoms with E-state index < -0.39 is 0 Å². The van der Waals surface area contributed by atoms with Crippen molar-refractivity contribution in [2.45, 2.75) is 20.8 Å². The van der Waals surface area contributed by atoms with Gasteiger partial charge in [0.15, 0.2) is 0 Å². The van der Waals surface area contributed by atoms with Crippen molar-refractivity contribution >= 4 is 21.5 Å². The quantitative estimate of drug-likeness (QED) is 0.684. The second-order valence-corrected chi connectivity index (χ2v) is 4.05. The average Bonchev–Trinajstić information content (AvgIpc) is 2.10. The van der Waals surface area contributed by atoms with Crippen LogP contribution in [-0.4, -0.2) is 5.33 Å². The molecule has 0 atom stereocenters. The first-order chi connectivity index (χ1) is 6.06. The van der Waals surface area contributed by atoms with Crippen LogP contribution in [0.5, 0.6) is 0 Å². The molecule has 0 N–H and O–H groups in total. The van der Waals surface area contributed by atoms with Gasteiger partial charge in [-0.25, -0.2) is 0 Å². The monoisotopic (exact) mass is 238 g/mol. The average molecular weight is 239 g/mol. The van der Waals surface area contributed by atoms with Crippen molar-refractivity contribution in [2.24, 2.45) is 0 Å². The highest BCUT2D eigenvalue weighted by Crippen LogP contribution is 2.22. The topological polar surface area (TPSA) is 0 Å². The molecule has 0 nitrogen and oxygen atoms in total. The number of rotatable bonds is 2. The van der Waals surface area contributed by atoms with Gasteiger partial charge in [-0.2, -0.15) is 0 Å². The van der Waals surface area contributed by atoms with Crippen LogP contribution < -0.4 is 0 Å². The molecule has 0 saturated heterocycles. The minimum Gasteiger partial charge on any atom is -0.0944 e. The Balaban J connectivity index is 3.23. The molecule has 0 radical (unpaired) electrons. The lowest BCUT2D eigenvalue weighted by Gasteiger charge is -2.10. The predicted octanol–water partition coefficient (Wildman–Crippen LogP) is 4.02. The summed E-state index contributed by atoms with van der Waals surface area (Å²) in [5.41, 5.74) is 6.43. The van der Waals surface area contributed by atoms with Gasteiger partial charge in [0.05, 0.1) is 0 Å². The SMILES string of the molecule is C=C(CBr)c1cc(C)c(C)cc1C. The number of hydrogen-bond donors (Lipinski definition) is 0. The third-order valence-corrected chi connectivity index (χ3v) is 3.06. The molecular formula is C12H15Br. The Morgan fingerprint density at radius 3 is 2.23 bits per heavy atom. The van der Waals surface area contributed by atoms with Crippen molar-refractivity contribution in [3.05, 3.63) is 41.0 Å². The van der Waals surface area contributed by atoms with E-state index in [-0.39, 0.29) is 0 Å². The third-order valence-electron chi connectivity index (χ3n) is 2.38. The van der Waals surface area contributed by atoms with Gasteiger partial charge in [-0.15, -0.1) is 0 Å². The van der Waals surface area contributed by atoms with Crippen LogP contribution in [0.1, 0.15) is 22.3 Å². The molecule has 1 aromatic rings. The Bertz CT molecular complexity index is 337. The van der Waals surface area contributed by atoms with Crippen LogP contribution in [0, 0.1) is 20.8 Å². The zero-order valence-electron chi connectivity index (χ0n) is 8.45. The van der Waals surface area contributed by atoms with Crippen LogP contribution >= 0.6 is 15.9 Å². The second kappa shape index (κ2) is 4.10. The molecule has 0 bridgehead atoms. The van der Waals surface area contributed by atoms with Crippen LogP contribution in [0.25, 0.3) is 5.57 Å². The van der Waals surface area contributed by atoms with Crippen molar-refractivity contribution in [1.29, 1.82) is 0 Å². The first-order valence-electron chi connectivity index (χ1n) is 4.38. The normalized spacial score (nSPS) is 10.2. The van der Waals surface area contributed by atoms with Crippen LogP contribution in [0.2, 0.25) is 0 Å². The van der Waals surface area contributed by atoms with Gasteiger partial charge in [-0.3, -0.25) is 0 Å². The van der Waals surface area contributed by atoms with E-state index in [1.165, 1.54) is 22.3 Å². The summed E-state index contributed by atoms with van der Waals surface area (Å²) in [5.74, 6) is 0. The second-order valence-electron chi connectivity index (χ2n) is 3.49. The van der Waals surface area contributed by atoms with E-state index in [9.17, 15) is 0 Å². The van der Waals surface area contributed by atoms with Crippen molar-refractivity contribution in [1.82, 2.24) is 0 Å². The predicted molar refractivity (Wildman–Crippen MR) is 63.5 cm³/mol. The fraction of sp³-hybridized carbons (Fsp3) is 0.333. The first kappa shape index (κ1) is 10.5. The van der Waals surface area contributed by atoms with E-state index in [0.717, 1.165) is 10.9 Å². The number of alkyl halides is 1. The lowest BCUT2D eigenvalue weighted by atomic mass is 9.97. The summed E-state index contributed by atoms with van der Waals surface area (Å²) in [4.78, 5) is 0. The summed E-state index contributed by atoms with van der Waals surface area (Å²) in [5, 5.41) is 0.844. The van der Waals surface area contributed by atoms with E-state index in [0.29, 0.717) is 0 Å². The van der Waals surface area contributed by atoms with E-state index in [1.807, 2.05) is 0 Å². The van der Waals surface area contributed by atoms with Gasteiger partial charge >= 0.3 is 0 Å². The number of aryl methyl sites for hydroxylation is 3. The number of halogens is 1. The van der Waals surface area contributed by atoms with Crippen molar-refractivity contribution in [3.8, 4) is 0 Å². The Morgan fingerprint density at radius 1 is 1.15 bits per heavy atom. The van der Waals surface area contributed by atoms with Crippen LogP contribution in [0.3, 0.4) is 0 Å². The first-order valence-corrected chi connectivity index (χ1v) is 5.50. The molecule has 0 unspecified atom stereocenters. The van der Waals surface area contributed by atoms with Gasteiger partial charge in [0.25, 0.3) is 0 Å². The summed E-state index contributed by atoms with van der Waals surface area (Å²) in [6.45, 7) is 10.4. The highest BCUT2D eigenvalue weighted by atomic mass is 79.9. The molecule has 0 fully saturated rings. The van der Waals surface area contributed by atoms with E-state index in [4.69, 9.17) is 0 Å². The molecule has 1 aromatic carbocycles. The molecule has 0 aliphatic heterocycles. The molecule has 0 aromatic heterocycles. The van der Waals surface area contributed by atoms with Crippen LogP contribution in [0.4, 0.5) is 0 Å². The molecule has 0 aliphatic rings. The molecular weight excluding hydrogens is 224 g/mol. The molecule has 0 saturated carbocycles. The van der Waals surface area contributed by atoms with E-state index >= 15 is 0 Å². The summed E-state index contributed by atoms with van der Waals surface area (Å²) in [6, 6.07) is 4.44. The summed E-state index contributed by atoms with van der Waals surface area (Å²) in [6.07, 6.45) is 0. The highest BCUT2D eigenvalue weighted by Gasteiger charge is 2.03. The molecule has 70 valence electrons. The maximum atomic E-state index is 4.03. The number of benzene rings is 1. The standard InChI is InChI=1S/C12H15Br/c1-8-5-10(3)12(6-9(8)2)11(4)7-13/h5-6H,4,7H2,1-3H3. The lowest BCUT2D eigenvalue weighted by Crippen LogP contribution is -1.92. The van der Waals surface area contributed by atoms with E-state index in [2.05, 4.69) is 55.4 Å². The smallest absolute Gasteiger partial charge is 0.0283 e. The molecule has 13 heavy (non-hydrogen) atoms. The van der Waals surface area contributed by atoms with Gasteiger partial charge in [-0.1, -0.05) is 34.6 Å². The largest absolute Gasteiger partial charge is 0.0944 e. The minimum atomic E-state index is 0.844. The van der Waals surface area contributed by atoms with Gasteiger partial charge < -0.3 is 0 Å². The van der Waals surface area contributed by atoms with E-state index in [1.54, 1.807) is 0 Å². The Hall–Kier alpha value is -0.560. The lowest BCUT2D eigenvalue weighted by molar-refractivity contribution is 1.28. The zero-order chi connectivity index (χ0) is 10.0. The van der Waals surface area contributed by atoms with Crippen LogP contribution in [-0.2, 0) is 0 Å². The Kier molecular flexibility index (Phi) is 3.32. The summed E-state index contributed by atoms with van der Waals surface area (Å²) < 4.78 is 0. The van der Waals surface area contributed by atoms with Crippen molar-refractivity contribution in [2.75, 3.05) is 5.33 Å². The fourth-order valence-corrected chi connectivity index (χ4v) is 1.72. The molecule has 0 spiro atoms. The molecule has 1 rings (SSSR count). The Morgan fingerprint density at radius 2 is 1.69 bits per heavy atom. The van der Waals surface area contributed by atoms with Gasteiger partial charge in [0, 0.05) is 5.33 Å². The third kappa shape index (κ3) is 2.22. The van der Waals surface area contributed by atoms with Gasteiger partial charge in [-0.05, 0) is 48.6 Å². The minimum absolute atomic E-state index is 0.844. The van der Waals surface area contributed by atoms with Crippen LogP contribution in [0.15, 0.2) is 18.7 Å². The molecule has 0 heterocycles. The molecule has 0 amide bonds. The molecule has 1 heteroatoms. The fourth-order valence-electron chi connectivity index (χ4n) is 1.41. The maximum absolute atomic E-state index is 4.03. The van der Waals surface area contributed by atoms with Crippen molar-refractivity contribution < 1.29 is 0 Å². The van der Waals surface area contributed by atoms with Gasteiger partial charge in [0.2, 0.25) is 0 Å². The molecule has 0 aliphatic carbocycles. The zero-order valence-corrected chi connectivity index (χ0v) is 10.0. The summed E-state index contributed by atoms with van der Waals surface area (Å²) in [7, 11) is 0. The van der Waals surface area contributed by atoms with Crippen molar-refractivity contribution in [3.63, 3.8) is 0 Å². The number of hydrogen-bond acceptors (Lipinski definition) is 0. The summed E-state index contributed by atoms with van der Waals surface area (Å²) >= 11 is 3.43. The Labute approximate surface area is 88.8 Å². The van der Waals surface area contributed by atoms with Gasteiger partial charge in [0.1, 0.15) is 0 Å². The maximum Gasteiger partial charge on any atom is 0.0283 e.